The molecule has 6 nitrogen and oxygen atoms in total. The summed E-state index contributed by atoms with van der Waals surface area (Å²) in [4.78, 5) is 19.8. The van der Waals surface area contributed by atoms with E-state index in [1.54, 1.807) is 10.7 Å². The Bertz CT molecular complexity index is 753. The van der Waals surface area contributed by atoms with Crippen molar-refractivity contribution in [2.24, 2.45) is 0 Å². The first-order valence-corrected chi connectivity index (χ1v) is 6.93. The zero-order valence-corrected chi connectivity index (χ0v) is 12.1. The van der Waals surface area contributed by atoms with Crippen molar-refractivity contribution in [3.8, 4) is 0 Å². The third kappa shape index (κ3) is 2.65. The zero-order valence-electron chi connectivity index (χ0n) is 12.1. The van der Waals surface area contributed by atoms with Crippen LogP contribution in [-0.4, -0.2) is 25.7 Å². The van der Waals surface area contributed by atoms with Crippen molar-refractivity contribution in [1.82, 2.24) is 25.1 Å². The van der Waals surface area contributed by atoms with E-state index in [0.29, 0.717) is 18.8 Å². The van der Waals surface area contributed by atoms with Gasteiger partial charge in [0.15, 0.2) is 0 Å². The minimum Gasteiger partial charge on any atom is -0.343 e. The molecule has 2 heterocycles. The number of aromatic amines is 1. The third-order valence-electron chi connectivity index (χ3n) is 3.29. The molecule has 0 fully saturated rings. The molecule has 3 aromatic rings. The molecule has 1 amide bonds. The normalized spacial score (nSPS) is 11.0. The fourth-order valence-electron chi connectivity index (χ4n) is 2.31. The SMILES string of the molecule is CCn1nc(C)cc1C(=O)NCc1nc2ccccc2[nH]1. The second-order valence-electron chi connectivity index (χ2n) is 4.87. The maximum absolute atomic E-state index is 12.2. The van der Waals surface area contributed by atoms with Crippen LogP contribution in [0.5, 0.6) is 0 Å². The molecular weight excluding hydrogens is 266 g/mol. The van der Waals surface area contributed by atoms with Gasteiger partial charge in [-0.1, -0.05) is 12.1 Å². The Kier molecular flexibility index (Phi) is 3.43. The van der Waals surface area contributed by atoms with Crippen molar-refractivity contribution in [3.63, 3.8) is 0 Å². The van der Waals surface area contributed by atoms with Crippen LogP contribution < -0.4 is 5.32 Å². The number of nitrogens with one attached hydrogen (secondary N) is 2. The van der Waals surface area contributed by atoms with Crippen LogP contribution in [0.4, 0.5) is 0 Å². The van der Waals surface area contributed by atoms with Gasteiger partial charge >= 0.3 is 0 Å². The molecule has 6 heteroatoms. The average molecular weight is 283 g/mol. The van der Waals surface area contributed by atoms with E-state index in [9.17, 15) is 4.79 Å². The molecule has 0 spiro atoms. The van der Waals surface area contributed by atoms with Crippen molar-refractivity contribution < 1.29 is 4.79 Å². The fraction of sp³-hybridized carbons (Fsp3) is 0.267. The van der Waals surface area contributed by atoms with Crippen LogP contribution in [0.3, 0.4) is 0 Å². The number of carbonyl (C=O) groups is 1. The van der Waals surface area contributed by atoms with Gasteiger partial charge in [0.1, 0.15) is 11.5 Å². The van der Waals surface area contributed by atoms with E-state index in [4.69, 9.17) is 0 Å². The van der Waals surface area contributed by atoms with Gasteiger partial charge in [0.2, 0.25) is 0 Å². The summed E-state index contributed by atoms with van der Waals surface area (Å²) in [5.41, 5.74) is 3.28. The summed E-state index contributed by atoms with van der Waals surface area (Å²) in [7, 11) is 0. The molecule has 2 aromatic heterocycles. The number of rotatable bonds is 4. The topological polar surface area (TPSA) is 75.6 Å². The van der Waals surface area contributed by atoms with Gasteiger partial charge in [0.25, 0.3) is 5.91 Å². The number of aromatic nitrogens is 4. The van der Waals surface area contributed by atoms with Gasteiger partial charge in [-0.15, -0.1) is 0 Å². The highest BCUT2D eigenvalue weighted by molar-refractivity contribution is 5.92. The lowest BCUT2D eigenvalue weighted by atomic mass is 10.3. The first-order chi connectivity index (χ1) is 10.2. The fourth-order valence-corrected chi connectivity index (χ4v) is 2.31. The standard InChI is InChI=1S/C15H17N5O/c1-3-20-13(8-10(2)19-20)15(21)16-9-14-17-11-6-4-5-7-12(11)18-14/h4-8H,3,9H2,1-2H3,(H,16,21)(H,17,18). The Balaban J connectivity index is 1.73. The number of imidazole rings is 1. The zero-order chi connectivity index (χ0) is 14.8. The van der Waals surface area contributed by atoms with E-state index < -0.39 is 0 Å². The molecular formula is C15H17N5O. The lowest BCUT2D eigenvalue weighted by Gasteiger charge is -2.05. The molecule has 0 saturated heterocycles. The van der Waals surface area contributed by atoms with Gasteiger partial charge < -0.3 is 10.3 Å². The van der Waals surface area contributed by atoms with E-state index in [-0.39, 0.29) is 5.91 Å². The van der Waals surface area contributed by atoms with E-state index in [1.165, 1.54) is 0 Å². The molecule has 0 atom stereocenters. The number of hydrogen-bond donors (Lipinski definition) is 2. The van der Waals surface area contributed by atoms with Gasteiger partial charge in [-0.05, 0) is 32.0 Å². The number of nitrogens with zero attached hydrogens (tertiary/aromatic N) is 3. The first-order valence-electron chi connectivity index (χ1n) is 6.93. The summed E-state index contributed by atoms with van der Waals surface area (Å²) in [5, 5.41) is 7.14. The molecule has 0 aliphatic rings. The Labute approximate surface area is 122 Å². The van der Waals surface area contributed by atoms with E-state index in [1.807, 2.05) is 38.1 Å². The predicted molar refractivity (Wildman–Crippen MR) is 79.9 cm³/mol. The molecule has 108 valence electrons. The third-order valence-corrected chi connectivity index (χ3v) is 3.29. The van der Waals surface area contributed by atoms with Gasteiger partial charge in [-0.25, -0.2) is 4.98 Å². The minimum atomic E-state index is -0.141. The Morgan fingerprint density at radius 3 is 2.95 bits per heavy atom. The lowest BCUT2D eigenvalue weighted by Crippen LogP contribution is -2.26. The molecule has 0 unspecified atom stereocenters. The minimum absolute atomic E-state index is 0.141. The summed E-state index contributed by atoms with van der Waals surface area (Å²) < 4.78 is 1.70. The summed E-state index contributed by atoms with van der Waals surface area (Å²) >= 11 is 0. The number of fused-ring (bicyclic) bond motifs is 1. The van der Waals surface area contributed by atoms with Crippen LogP contribution in [-0.2, 0) is 13.1 Å². The molecule has 1 aromatic carbocycles. The van der Waals surface area contributed by atoms with Gasteiger partial charge in [0.05, 0.1) is 23.3 Å². The monoisotopic (exact) mass is 283 g/mol. The van der Waals surface area contributed by atoms with Gasteiger partial charge in [-0.2, -0.15) is 5.10 Å². The van der Waals surface area contributed by atoms with Crippen LogP contribution in [0.1, 0.15) is 28.9 Å². The highest BCUT2D eigenvalue weighted by Gasteiger charge is 2.13. The molecule has 0 aliphatic carbocycles. The quantitative estimate of drug-likeness (QED) is 0.769. The second kappa shape index (κ2) is 5.40. The number of carbonyl (C=O) groups excluding carboxylic acids is 1. The van der Waals surface area contributed by atoms with Crippen LogP contribution in [0.25, 0.3) is 11.0 Å². The maximum atomic E-state index is 12.2. The van der Waals surface area contributed by atoms with Gasteiger partial charge in [0, 0.05) is 6.54 Å². The maximum Gasteiger partial charge on any atom is 0.269 e. The van der Waals surface area contributed by atoms with Crippen molar-refractivity contribution in [3.05, 3.63) is 47.5 Å². The van der Waals surface area contributed by atoms with Crippen LogP contribution in [0, 0.1) is 6.92 Å². The summed E-state index contributed by atoms with van der Waals surface area (Å²) in [6.07, 6.45) is 0. The summed E-state index contributed by atoms with van der Waals surface area (Å²) in [6.45, 7) is 4.87. The number of H-pyrrole nitrogens is 1. The molecule has 3 rings (SSSR count). The van der Waals surface area contributed by atoms with E-state index >= 15 is 0 Å². The van der Waals surface area contributed by atoms with E-state index in [2.05, 4.69) is 20.4 Å². The lowest BCUT2D eigenvalue weighted by molar-refractivity contribution is 0.0939. The van der Waals surface area contributed by atoms with Crippen molar-refractivity contribution in [2.75, 3.05) is 0 Å². The number of amides is 1. The molecule has 2 N–H and O–H groups in total. The first kappa shape index (κ1) is 13.4. The average Bonchev–Trinajstić information content (AvgIpc) is 3.07. The molecule has 21 heavy (non-hydrogen) atoms. The largest absolute Gasteiger partial charge is 0.343 e. The van der Waals surface area contributed by atoms with Crippen LogP contribution >= 0.6 is 0 Å². The molecule has 0 aliphatic heterocycles. The second-order valence-corrected chi connectivity index (χ2v) is 4.87. The van der Waals surface area contributed by atoms with Crippen molar-refractivity contribution >= 4 is 16.9 Å². The molecule has 0 saturated carbocycles. The smallest absolute Gasteiger partial charge is 0.269 e. The highest BCUT2D eigenvalue weighted by atomic mass is 16.2. The van der Waals surface area contributed by atoms with E-state index in [0.717, 1.165) is 22.6 Å². The summed E-state index contributed by atoms with van der Waals surface area (Å²) in [5.74, 6) is 0.599. The number of benzene rings is 1. The molecule has 0 bridgehead atoms. The van der Waals surface area contributed by atoms with Crippen molar-refractivity contribution in [1.29, 1.82) is 0 Å². The van der Waals surface area contributed by atoms with Crippen LogP contribution in [0.15, 0.2) is 30.3 Å². The number of hydrogen-bond acceptors (Lipinski definition) is 3. The number of para-hydroxylation sites is 2. The Morgan fingerprint density at radius 1 is 1.38 bits per heavy atom. The summed E-state index contributed by atoms with van der Waals surface area (Å²) in [6, 6.07) is 9.58. The highest BCUT2D eigenvalue weighted by Crippen LogP contribution is 2.10. The predicted octanol–water partition coefficient (Wildman–Crippen LogP) is 2.02. The Morgan fingerprint density at radius 2 is 2.19 bits per heavy atom. The van der Waals surface area contributed by atoms with Gasteiger partial charge in [-0.3, -0.25) is 9.48 Å². The molecule has 0 radical (unpaired) electrons. The van der Waals surface area contributed by atoms with Crippen molar-refractivity contribution in [2.45, 2.75) is 26.9 Å². The Hall–Kier alpha value is -2.63. The van der Waals surface area contributed by atoms with Crippen LogP contribution in [0.2, 0.25) is 0 Å². The number of aryl methyl sites for hydroxylation is 2.